The summed E-state index contributed by atoms with van der Waals surface area (Å²) in [6.45, 7) is 9.85. The van der Waals surface area contributed by atoms with Crippen molar-refractivity contribution in [2.24, 2.45) is 11.1 Å². The third-order valence-corrected chi connectivity index (χ3v) is 2.51. The maximum atomic E-state index is 5.75. The zero-order valence-corrected chi connectivity index (χ0v) is 10.4. The molecule has 0 atom stereocenters. The topological polar surface area (TPSA) is 68.2 Å². The van der Waals surface area contributed by atoms with Gasteiger partial charge in [0, 0.05) is 6.54 Å². The lowest BCUT2D eigenvalue weighted by Gasteiger charge is -2.30. The third kappa shape index (κ3) is 4.28. The molecule has 0 bridgehead atoms. The molecule has 0 aliphatic rings. The van der Waals surface area contributed by atoms with Crippen molar-refractivity contribution in [1.29, 1.82) is 0 Å². The van der Waals surface area contributed by atoms with Crippen LogP contribution in [0.5, 0.6) is 0 Å². The number of nitrogens with zero attached hydrogens (tertiary/aromatic N) is 3. The van der Waals surface area contributed by atoms with E-state index in [0.29, 0.717) is 19.0 Å². The maximum absolute atomic E-state index is 5.75. The van der Waals surface area contributed by atoms with Crippen LogP contribution in [0.15, 0.2) is 10.9 Å². The Hall–Kier alpha value is -0.940. The third-order valence-electron chi connectivity index (χ3n) is 2.51. The van der Waals surface area contributed by atoms with Gasteiger partial charge in [0.25, 0.3) is 0 Å². The van der Waals surface area contributed by atoms with Gasteiger partial charge in [0.1, 0.15) is 0 Å². The average molecular weight is 226 g/mol. The molecule has 1 heterocycles. The second kappa shape index (κ2) is 5.96. The van der Waals surface area contributed by atoms with Crippen molar-refractivity contribution >= 4 is 0 Å². The van der Waals surface area contributed by atoms with E-state index in [-0.39, 0.29) is 5.41 Å². The van der Waals surface area contributed by atoms with E-state index in [0.717, 1.165) is 19.5 Å². The lowest BCUT2D eigenvalue weighted by Crippen LogP contribution is -2.38. The Morgan fingerprint density at radius 3 is 2.75 bits per heavy atom. The summed E-state index contributed by atoms with van der Waals surface area (Å²) in [4.78, 5) is 6.35. The van der Waals surface area contributed by atoms with E-state index >= 15 is 0 Å². The molecule has 0 fully saturated rings. The Labute approximate surface area is 97.0 Å². The van der Waals surface area contributed by atoms with E-state index in [1.54, 1.807) is 0 Å². The highest BCUT2D eigenvalue weighted by Crippen LogP contribution is 2.16. The first-order valence-corrected chi connectivity index (χ1v) is 5.75. The van der Waals surface area contributed by atoms with Crippen molar-refractivity contribution in [3.8, 4) is 0 Å². The van der Waals surface area contributed by atoms with Gasteiger partial charge in [-0.25, -0.2) is 0 Å². The Bertz CT molecular complexity index is 284. The van der Waals surface area contributed by atoms with Crippen LogP contribution in [-0.4, -0.2) is 34.7 Å². The minimum absolute atomic E-state index is 0.120. The van der Waals surface area contributed by atoms with Gasteiger partial charge in [-0.15, -0.1) is 0 Å². The lowest BCUT2D eigenvalue weighted by molar-refractivity contribution is 0.158. The van der Waals surface area contributed by atoms with Gasteiger partial charge in [-0.2, -0.15) is 4.98 Å². The van der Waals surface area contributed by atoms with Crippen LogP contribution in [0.2, 0.25) is 0 Å². The molecule has 16 heavy (non-hydrogen) atoms. The van der Waals surface area contributed by atoms with Crippen LogP contribution in [0.3, 0.4) is 0 Å². The zero-order valence-electron chi connectivity index (χ0n) is 10.4. The fourth-order valence-corrected chi connectivity index (χ4v) is 1.66. The van der Waals surface area contributed by atoms with E-state index < -0.39 is 0 Å². The van der Waals surface area contributed by atoms with Gasteiger partial charge in [0.2, 0.25) is 5.89 Å². The summed E-state index contributed by atoms with van der Waals surface area (Å²) < 4.78 is 5.02. The molecule has 0 aliphatic carbocycles. The number of rotatable bonds is 7. The minimum Gasteiger partial charge on any atom is -0.338 e. The van der Waals surface area contributed by atoms with Crippen LogP contribution in [-0.2, 0) is 6.54 Å². The molecule has 1 rings (SSSR count). The van der Waals surface area contributed by atoms with E-state index in [4.69, 9.17) is 10.3 Å². The molecule has 0 saturated carbocycles. The molecule has 0 saturated heterocycles. The molecule has 0 unspecified atom stereocenters. The lowest BCUT2D eigenvalue weighted by atomic mass is 9.93. The second-order valence-electron chi connectivity index (χ2n) is 4.91. The number of aromatic nitrogens is 2. The molecule has 92 valence electrons. The van der Waals surface area contributed by atoms with Crippen LogP contribution in [0.1, 0.15) is 33.1 Å². The fourth-order valence-electron chi connectivity index (χ4n) is 1.66. The Balaban J connectivity index is 2.54. The fraction of sp³-hybridized carbons (Fsp3) is 0.818. The van der Waals surface area contributed by atoms with Gasteiger partial charge in [-0.05, 0) is 24.9 Å². The zero-order chi connectivity index (χ0) is 12.0. The van der Waals surface area contributed by atoms with Crippen molar-refractivity contribution in [2.45, 2.75) is 33.7 Å². The summed E-state index contributed by atoms with van der Waals surface area (Å²) in [7, 11) is 0. The van der Waals surface area contributed by atoms with Crippen molar-refractivity contribution in [3.05, 3.63) is 12.2 Å². The molecule has 5 nitrogen and oxygen atoms in total. The van der Waals surface area contributed by atoms with Crippen LogP contribution in [0.25, 0.3) is 0 Å². The first-order chi connectivity index (χ1) is 7.57. The van der Waals surface area contributed by atoms with E-state index in [1.807, 2.05) is 0 Å². The first-order valence-electron chi connectivity index (χ1n) is 5.75. The maximum Gasteiger partial charge on any atom is 0.240 e. The Morgan fingerprint density at radius 1 is 1.50 bits per heavy atom. The van der Waals surface area contributed by atoms with Gasteiger partial charge in [-0.3, -0.25) is 4.90 Å². The van der Waals surface area contributed by atoms with Crippen molar-refractivity contribution in [2.75, 3.05) is 19.6 Å². The largest absolute Gasteiger partial charge is 0.338 e. The molecule has 1 aromatic rings. The van der Waals surface area contributed by atoms with E-state index in [2.05, 4.69) is 35.8 Å². The van der Waals surface area contributed by atoms with Crippen LogP contribution < -0.4 is 5.73 Å². The summed E-state index contributed by atoms with van der Waals surface area (Å²) in [6.07, 6.45) is 2.54. The Kier molecular flexibility index (Phi) is 4.89. The van der Waals surface area contributed by atoms with E-state index in [1.165, 1.54) is 6.33 Å². The molecule has 5 heteroatoms. The molecule has 0 radical (unpaired) electrons. The van der Waals surface area contributed by atoms with E-state index in [9.17, 15) is 0 Å². The summed E-state index contributed by atoms with van der Waals surface area (Å²) in [5, 5.41) is 3.61. The summed E-state index contributed by atoms with van der Waals surface area (Å²) in [5.74, 6) is 0.668. The molecule has 0 spiro atoms. The minimum atomic E-state index is 0.120. The van der Waals surface area contributed by atoms with Gasteiger partial charge in [0.15, 0.2) is 6.33 Å². The predicted molar refractivity (Wildman–Crippen MR) is 62.7 cm³/mol. The van der Waals surface area contributed by atoms with Crippen LogP contribution in [0, 0.1) is 5.41 Å². The van der Waals surface area contributed by atoms with Crippen molar-refractivity contribution < 1.29 is 4.52 Å². The number of hydrogen-bond acceptors (Lipinski definition) is 5. The predicted octanol–water partition coefficient (Wildman–Crippen LogP) is 1.27. The molecular formula is C11H22N4O. The van der Waals surface area contributed by atoms with Gasteiger partial charge in [-0.1, -0.05) is 25.9 Å². The van der Waals surface area contributed by atoms with Crippen molar-refractivity contribution in [3.63, 3.8) is 0 Å². The second-order valence-corrected chi connectivity index (χ2v) is 4.91. The normalized spacial score (nSPS) is 12.3. The van der Waals surface area contributed by atoms with Gasteiger partial charge in [0.05, 0.1) is 6.54 Å². The highest BCUT2D eigenvalue weighted by molar-refractivity contribution is 4.79. The number of nitrogens with two attached hydrogens (primary N) is 1. The molecule has 0 aromatic carbocycles. The van der Waals surface area contributed by atoms with Crippen LogP contribution in [0.4, 0.5) is 0 Å². The highest BCUT2D eigenvalue weighted by Gasteiger charge is 2.20. The monoisotopic (exact) mass is 226 g/mol. The summed E-state index contributed by atoms with van der Waals surface area (Å²) in [6, 6.07) is 0. The van der Waals surface area contributed by atoms with Gasteiger partial charge >= 0.3 is 0 Å². The Morgan fingerprint density at radius 2 is 2.25 bits per heavy atom. The number of hydrogen-bond donors (Lipinski definition) is 1. The summed E-state index contributed by atoms with van der Waals surface area (Å²) in [5.41, 5.74) is 5.87. The molecule has 0 aliphatic heterocycles. The molecule has 0 amide bonds. The van der Waals surface area contributed by atoms with Crippen molar-refractivity contribution in [1.82, 2.24) is 15.0 Å². The molecule has 2 N–H and O–H groups in total. The summed E-state index contributed by atoms with van der Waals surface area (Å²) >= 11 is 0. The molecular weight excluding hydrogens is 204 g/mol. The SMILES string of the molecule is CCCN(Cc1ncno1)CC(C)(C)CN. The standard InChI is InChI=1S/C11H22N4O/c1-4-5-15(8-11(2,3)7-12)6-10-13-9-14-16-10/h9H,4-8,12H2,1-3H3. The first kappa shape index (κ1) is 13.1. The smallest absolute Gasteiger partial charge is 0.240 e. The van der Waals surface area contributed by atoms with Crippen LogP contribution >= 0.6 is 0 Å². The quantitative estimate of drug-likeness (QED) is 0.758. The average Bonchev–Trinajstić information content (AvgIpc) is 2.70. The highest BCUT2D eigenvalue weighted by atomic mass is 16.5. The van der Waals surface area contributed by atoms with Gasteiger partial charge < -0.3 is 10.3 Å². The molecule has 1 aromatic heterocycles.